The first-order chi connectivity index (χ1) is 15.3. The third-order valence-corrected chi connectivity index (χ3v) is 5.85. The zero-order chi connectivity index (χ0) is 23.1. The first-order valence-corrected chi connectivity index (χ1v) is 11.0. The van der Waals surface area contributed by atoms with E-state index in [1.54, 1.807) is 54.6 Å². The summed E-state index contributed by atoms with van der Waals surface area (Å²) >= 11 is 0. The second-order valence-corrected chi connectivity index (χ2v) is 8.34. The number of rotatable bonds is 8. The van der Waals surface area contributed by atoms with Crippen molar-refractivity contribution >= 4 is 39.1 Å². The second kappa shape index (κ2) is 9.88. The van der Waals surface area contributed by atoms with Gasteiger partial charge in [-0.15, -0.1) is 0 Å². The highest BCUT2D eigenvalue weighted by molar-refractivity contribution is 7.92. The van der Waals surface area contributed by atoms with Crippen molar-refractivity contribution in [2.75, 3.05) is 30.0 Å². The Morgan fingerprint density at radius 2 is 1.62 bits per heavy atom. The molecule has 3 aromatic rings. The van der Waals surface area contributed by atoms with E-state index in [0.29, 0.717) is 28.6 Å². The number of nitrogens with two attached hydrogens (primary N) is 1. The zero-order valence-corrected chi connectivity index (χ0v) is 18.3. The summed E-state index contributed by atoms with van der Waals surface area (Å²) in [6, 6.07) is 17.9. The lowest BCUT2D eigenvalue weighted by molar-refractivity contribution is -0.111. The lowest BCUT2D eigenvalue weighted by atomic mass is 10.2. The summed E-state index contributed by atoms with van der Waals surface area (Å²) in [5.41, 5.74) is 7.90. The van der Waals surface area contributed by atoms with Crippen LogP contribution in [0.4, 0.5) is 17.1 Å². The van der Waals surface area contributed by atoms with Crippen LogP contribution in [-0.4, -0.2) is 28.5 Å². The summed E-state index contributed by atoms with van der Waals surface area (Å²) in [5, 5.41) is 2.70. The number of anilines is 3. The van der Waals surface area contributed by atoms with E-state index >= 15 is 0 Å². The molecule has 0 radical (unpaired) electrons. The van der Waals surface area contributed by atoms with E-state index in [1.807, 2.05) is 0 Å². The van der Waals surface area contributed by atoms with E-state index in [4.69, 9.17) is 15.2 Å². The Morgan fingerprint density at radius 3 is 2.28 bits per heavy atom. The summed E-state index contributed by atoms with van der Waals surface area (Å²) < 4.78 is 38.2. The Bertz CT molecular complexity index is 1240. The third-order valence-electron chi connectivity index (χ3n) is 4.47. The van der Waals surface area contributed by atoms with Crippen LogP contribution in [-0.2, 0) is 14.8 Å². The van der Waals surface area contributed by atoms with Crippen LogP contribution in [0.2, 0.25) is 0 Å². The number of carbonyl (C=O) groups is 1. The largest absolute Gasteiger partial charge is 0.493 e. The van der Waals surface area contributed by atoms with E-state index < -0.39 is 10.0 Å². The van der Waals surface area contributed by atoms with Crippen molar-refractivity contribution in [3.05, 3.63) is 78.4 Å². The first-order valence-electron chi connectivity index (χ1n) is 9.51. The van der Waals surface area contributed by atoms with Crippen molar-refractivity contribution in [2.45, 2.75) is 4.90 Å². The molecule has 0 spiro atoms. The fraction of sp³-hybridized carbons (Fsp3) is 0.0870. The molecule has 0 heterocycles. The van der Waals surface area contributed by atoms with E-state index in [0.717, 1.165) is 5.56 Å². The molecule has 0 fully saturated rings. The van der Waals surface area contributed by atoms with Crippen LogP contribution < -0.4 is 25.2 Å². The van der Waals surface area contributed by atoms with Gasteiger partial charge in [-0.2, -0.15) is 0 Å². The average Bonchev–Trinajstić information content (AvgIpc) is 2.79. The van der Waals surface area contributed by atoms with Gasteiger partial charge >= 0.3 is 0 Å². The lowest BCUT2D eigenvalue weighted by Crippen LogP contribution is -2.13. The van der Waals surface area contributed by atoms with E-state index in [9.17, 15) is 13.2 Å². The van der Waals surface area contributed by atoms with Crippen molar-refractivity contribution in [2.24, 2.45) is 0 Å². The number of para-hydroxylation sites is 2. The lowest BCUT2D eigenvalue weighted by Gasteiger charge is -2.11. The van der Waals surface area contributed by atoms with Gasteiger partial charge in [0.2, 0.25) is 5.91 Å². The van der Waals surface area contributed by atoms with E-state index in [-0.39, 0.29) is 10.8 Å². The van der Waals surface area contributed by atoms with E-state index in [1.165, 1.54) is 38.5 Å². The van der Waals surface area contributed by atoms with Crippen molar-refractivity contribution in [3.8, 4) is 11.5 Å². The van der Waals surface area contributed by atoms with Gasteiger partial charge in [-0.05, 0) is 48.0 Å². The molecule has 0 saturated carbocycles. The molecule has 166 valence electrons. The number of nitrogen functional groups attached to an aromatic ring is 1. The Balaban J connectivity index is 1.67. The van der Waals surface area contributed by atoms with Crippen molar-refractivity contribution in [1.82, 2.24) is 0 Å². The summed E-state index contributed by atoms with van der Waals surface area (Å²) in [6.07, 6.45) is 2.98. The molecule has 0 saturated heterocycles. The molecule has 0 aromatic heterocycles. The van der Waals surface area contributed by atoms with Gasteiger partial charge in [0.1, 0.15) is 0 Å². The number of nitrogens with one attached hydrogen (secondary N) is 2. The molecule has 3 rings (SSSR count). The molecule has 32 heavy (non-hydrogen) atoms. The molecule has 4 N–H and O–H groups in total. The third kappa shape index (κ3) is 5.58. The molecule has 0 aliphatic heterocycles. The maximum Gasteiger partial charge on any atom is 0.262 e. The standard InChI is InChI=1S/C23H23N3O5S/c1-30-21-13-12-18(15-22(21)31-2)32(28,29)26-17-10-7-16(8-11-17)9-14-23(27)25-20-6-4-3-5-19(20)24/h3-15,26H,24H2,1-2H3,(H,25,27)/b14-9+. The normalized spacial score (nSPS) is 11.2. The predicted molar refractivity (Wildman–Crippen MR) is 125 cm³/mol. The van der Waals surface area contributed by atoms with Crippen molar-refractivity contribution < 1.29 is 22.7 Å². The second-order valence-electron chi connectivity index (χ2n) is 6.65. The van der Waals surface area contributed by atoms with Crippen LogP contribution in [0.5, 0.6) is 11.5 Å². The number of amides is 1. The fourth-order valence-corrected chi connectivity index (χ4v) is 3.89. The van der Waals surface area contributed by atoms with Gasteiger partial charge in [0.05, 0.1) is 30.5 Å². The Hall–Kier alpha value is -3.98. The summed E-state index contributed by atoms with van der Waals surface area (Å²) in [4.78, 5) is 12.1. The van der Waals surface area contributed by atoms with Gasteiger partial charge in [-0.3, -0.25) is 9.52 Å². The number of methoxy groups -OCH3 is 2. The molecular formula is C23H23N3O5S. The SMILES string of the molecule is COc1ccc(S(=O)(=O)Nc2ccc(/C=C/C(=O)Nc3ccccc3N)cc2)cc1OC. The number of hydrogen-bond donors (Lipinski definition) is 3. The van der Waals surface area contributed by atoms with Gasteiger partial charge in [0.25, 0.3) is 10.0 Å². The van der Waals surface area contributed by atoms with Crippen LogP contribution in [0.15, 0.2) is 77.7 Å². The van der Waals surface area contributed by atoms with Crippen molar-refractivity contribution in [1.29, 1.82) is 0 Å². The zero-order valence-electron chi connectivity index (χ0n) is 17.5. The molecule has 9 heteroatoms. The molecule has 0 aliphatic carbocycles. The molecule has 1 amide bonds. The highest BCUT2D eigenvalue weighted by Gasteiger charge is 2.17. The van der Waals surface area contributed by atoms with E-state index in [2.05, 4.69) is 10.0 Å². The Labute approximate surface area is 186 Å². The quantitative estimate of drug-likeness (QED) is 0.353. The smallest absolute Gasteiger partial charge is 0.262 e. The molecule has 8 nitrogen and oxygen atoms in total. The van der Waals surface area contributed by atoms with Crippen LogP contribution >= 0.6 is 0 Å². The number of hydrogen-bond acceptors (Lipinski definition) is 6. The topological polar surface area (TPSA) is 120 Å². The molecule has 0 aliphatic rings. The van der Waals surface area contributed by atoms with Gasteiger partial charge in [-0.25, -0.2) is 8.42 Å². The highest BCUT2D eigenvalue weighted by Crippen LogP contribution is 2.30. The molecular weight excluding hydrogens is 430 g/mol. The fourth-order valence-electron chi connectivity index (χ4n) is 2.82. The highest BCUT2D eigenvalue weighted by atomic mass is 32.2. The maximum atomic E-state index is 12.7. The monoisotopic (exact) mass is 453 g/mol. The number of ether oxygens (including phenoxy) is 2. The summed E-state index contributed by atoms with van der Waals surface area (Å²) in [6.45, 7) is 0. The van der Waals surface area contributed by atoms with Crippen molar-refractivity contribution in [3.63, 3.8) is 0 Å². The Kier molecular flexibility index (Phi) is 7.01. The minimum absolute atomic E-state index is 0.0379. The summed E-state index contributed by atoms with van der Waals surface area (Å²) in [7, 11) is -0.921. The Morgan fingerprint density at radius 1 is 0.938 bits per heavy atom. The minimum Gasteiger partial charge on any atom is -0.493 e. The molecule has 0 bridgehead atoms. The molecule has 3 aromatic carbocycles. The van der Waals surface area contributed by atoms with Crippen LogP contribution in [0.1, 0.15) is 5.56 Å². The van der Waals surface area contributed by atoms with Gasteiger partial charge in [0.15, 0.2) is 11.5 Å². The maximum absolute atomic E-state index is 12.7. The van der Waals surface area contributed by atoms with Gasteiger partial charge < -0.3 is 20.5 Å². The molecule has 0 unspecified atom stereocenters. The number of sulfonamides is 1. The number of benzene rings is 3. The van der Waals surface area contributed by atoms with Gasteiger partial charge in [-0.1, -0.05) is 24.3 Å². The van der Waals surface area contributed by atoms with Crippen LogP contribution in [0, 0.1) is 0 Å². The van der Waals surface area contributed by atoms with Gasteiger partial charge in [0, 0.05) is 17.8 Å². The molecule has 0 atom stereocenters. The first kappa shape index (κ1) is 22.7. The number of carbonyl (C=O) groups excluding carboxylic acids is 1. The van der Waals surface area contributed by atoms with Crippen LogP contribution in [0.3, 0.4) is 0 Å². The summed E-state index contributed by atoms with van der Waals surface area (Å²) in [5.74, 6) is 0.411. The average molecular weight is 454 g/mol. The minimum atomic E-state index is -3.83. The van der Waals surface area contributed by atoms with Crippen LogP contribution in [0.25, 0.3) is 6.08 Å². The predicted octanol–water partition coefficient (Wildman–Crippen LogP) is 3.74.